The number of carbonyl (C=O) groups is 2. The first kappa shape index (κ1) is 20.0. The van der Waals surface area contributed by atoms with Crippen molar-refractivity contribution in [2.75, 3.05) is 5.43 Å². The number of carboxylic acids is 1. The molecule has 0 aliphatic rings. The fraction of sp³-hybridized carbons (Fsp3) is 0. The molecule has 3 aromatic rings. The van der Waals surface area contributed by atoms with Gasteiger partial charge < -0.3 is 10.5 Å². The zero-order chi connectivity index (χ0) is 20.0. The summed E-state index contributed by atoms with van der Waals surface area (Å²) >= 11 is 0. The second-order valence-electron chi connectivity index (χ2n) is 5.29. The third-order valence-corrected chi connectivity index (χ3v) is 4.58. The van der Waals surface area contributed by atoms with Crippen molar-refractivity contribution in [3.05, 3.63) is 71.8 Å². The zero-order valence-corrected chi connectivity index (χ0v) is 14.7. The molecule has 3 rings (SSSR count). The Morgan fingerprint density at radius 1 is 1.00 bits per heavy atom. The van der Waals surface area contributed by atoms with Gasteiger partial charge in [-0.25, -0.2) is 4.79 Å². The molecule has 0 fully saturated rings. The summed E-state index contributed by atoms with van der Waals surface area (Å²) in [5.74, 6) is 4.09. The average Bonchev–Trinajstić information content (AvgIpc) is 2.66. The van der Waals surface area contributed by atoms with Gasteiger partial charge in [-0.3, -0.25) is 15.2 Å². The number of carboxylic acid groups (broad SMARTS) is 1. The molecule has 140 valence electrons. The van der Waals surface area contributed by atoms with Gasteiger partial charge in [-0.05, 0) is 23.6 Å². The zero-order valence-electron chi connectivity index (χ0n) is 13.9. The Kier molecular flexibility index (Phi) is 6.24. The van der Waals surface area contributed by atoms with E-state index >= 15 is 0 Å². The first-order chi connectivity index (χ1) is 12.8. The second-order valence-corrected chi connectivity index (χ2v) is 6.65. The number of hydrogen-bond donors (Lipinski definition) is 4. The highest BCUT2D eigenvalue weighted by atomic mass is 32.2. The Morgan fingerprint density at radius 3 is 2.19 bits per heavy atom. The van der Waals surface area contributed by atoms with Crippen LogP contribution >= 0.6 is 0 Å². The standard InChI is InChI=1S/C11H8O4S.C7H8N2O2/c12-7-9-6-5-8-3-1-2-4-10(8)11(9)16(13,14)15;8-9-6-4-2-1-3-5(6)7(10)11/h1-7H,(H,13,14,15);1-4,9H,8H2,(H,10,11). The van der Waals surface area contributed by atoms with Crippen LogP contribution in [-0.4, -0.2) is 30.3 Å². The van der Waals surface area contributed by atoms with Crippen LogP contribution in [0.25, 0.3) is 10.8 Å². The Balaban J connectivity index is 0.000000208. The Hall–Kier alpha value is -3.27. The smallest absolute Gasteiger partial charge is 0.337 e. The molecule has 9 heteroatoms. The largest absolute Gasteiger partial charge is 0.478 e. The van der Waals surface area contributed by atoms with Gasteiger partial charge in [0.2, 0.25) is 0 Å². The third kappa shape index (κ3) is 4.67. The highest BCUT2D eigenvalue weighted by molar-refractivity contribution is 7.86. The van der Waals surface area contributed by atoms with Crippen molar-refractivity contribution in [1.82, 2.24) is 0 Å². The molecule has 0 bridgehead atoms. The number of nitrogens with one attached hydrogen (secondary N) is 1. The molecule has 0 spiro atoms. The number of nitrogens with two attached hydrogens (primary N) is 1. The first-order valence-corrected chi connectivity index (χ1v) is 8.97. The van der Waals surface area contributed by atoms with E-state index < -0.39 is 16.1 Å². The van der Waals surface area contributed by atoms with E-state index in [0.29, 0.717) is 22.7 Å². The number of hydrazine groups is 1. The molecule has 0 aromatic heterocycles. The highest BCUT2D eigenvalue weighted by Gasteiger charge is 2.18. The molecule has 0 saturated carbocycles. The molecule has 0 atom stereocenters. The maximum absolute atomic E-state index is 11.2. The Labute approximate surface area is 155 Å². The monoisotopic (exact) mass is 388 g/mol. The number of aldehydes is 1. The van der Waals surface area contributed by atoms with Crippen molar-refractivity contribution in [2.24, 2.45) is 5.84 Å². The number of aromatic carboxylic acids is 1. The van der Waals surface area contributed by atoms with Crippen LogP contribution in [0.1, 0.15) is 20.7 Å². The van der Waals surface area contributed by atoms with E-state index in [0.717, 1.165) is 0 Å². The van der Waals surface area contributed by atoms with E-state index in [1.807, 2.05) is 0 Å². The minimum absolute atomic E-state index is 0.0406. The molecular formula is C18H16N2O6S. The van der Waals surface area contributed by atoms with E-state index in [2.05, 4.69) is 5.43 Å². The van der Waals surface area contributed by atoms with Crippen LogP contribution in [0, 0.1) is 0 Å². The lowest BCUT2D eigenvalue weighted by Crippen LogP contribution is -2.11. The van der Waals surface area contributed by atoms with Crippen molar-refractivity contribution < 1.29 is 27.7 Å². The molecule has 0 saturated heterocycles. The summed E-state index contributed by atoms with van der Waals surface area (Å²) in [5, 5.41) is 9.60. The first-order valence-electron chi connectivity index (χ1n) is 7.53. The second kappa shape index (κ2) is 8.41. The van der Waals surface area contributed by atoms with Gasteiger partial charge >= 0.3 is 5.97 Å². The SMILES string of the molecule is NNc1ccccc1C(=O)O.O=Cc1ccc2ccccc2c1S(=O)(=O)O. The van der Waals surface area contributed by atoms with Crippen LogP contribution in [0.15, 0.2) is 65.6 Å². The number of rotatable bonds is 4. The highest BCUT2D eigenvalue weighted by Crippen LogP contribution is 2.25. The van der Waals surface area contributed by atoms with E-state index in [-0.39, 0.29) is 16.0 Å². The van der Waals surface area contributed by atoms with E-state index in [1.54, 1.807) is 48.5 Å². The van der Waals surface area contributed by atoms with E-state index in [1.165, 1.54) is 12.1 Å². The van der Waals surface area contributed by atoms with Crippen molar-refractivity contribution in [1.29, 1.82) is 0 Å². The summed E-state index contributed by atoms with van der Waals surface area (Å²) in [6.07, 6.45) is 0.412. The lowest BCUT2D eigenvalue weighted by molar-refractivity contribution is 0.0697. The maximum atomic E-state index is 11.2. The number of fused-ring (bicyclic) bond motifs is 1. The predicted molar refractivity (Wildman–Crippen MR) is 100 cm³/mol. The summed E-state index contributed by atoms with van der Waals surface area (Å²) < 4.78 is 31.6. The quantitative estimate of drug-likeness (QED) is 0.231. The number of anilines is 1. The molecule has 0 aliphatic carbocycles. The van der Waals surface area contributed by atoms with Crippen LogP contribution < -0.4 is 11.3 Å². The van der Waals surface area contributed by atoms with Crippen LogP contribution in [0.5, 0.6) is 0 Å². The number of nitrogen functional groups attached to an aromatic ring is 1. The molecule has 0 unspecified atom stereocenters. The summed E-state index contributed by atoms with van der Waals surface area (Å²) in [6, 6.07) is 16.1. The summed E-state index contributed by atoms with van der Waals surface area (Å²) in [5.41, 5.74) is 2.85. The van der Waals surface area contributed by atoms with Gasteiger partial charge in [0.1, 0.15) is 4.90 Å². The third-order valence-electron chi connectivity index (χ3n) is 3.61. The maximum Gasteiger partial charge on any atom is 0.337 e. The minimum Gasteiger partial charge on any atom is -0.478 e. The van der Waals surface area contributed by atoms with Gasteiger partial charge in [0.25, 0.3) is 10.1 Å². The fourth-order valence-corrected chi connectivity index (χ4v) is 3.31. The minimum atomic E-state index is -4.40. The summed E-state index contributed by atoms with van der Waals surface area (Å²) in [7, 11) is -4.40. The lowest BCUT2D eigenvalue weighted by Gasteiger charge is -2.05. The van der Waals surface area contributed by atoms with E-state index in [4.69, 9.17) is 15.5 Å². The molecule has 0 amide bonds. The van der Waals surface area contributed by atoms with Crippen molar-refractivity contribution in [3.63, 3.8) is 0 Å². The Bertz CT molecular complexity index is 1100. The number of para-hydroxylation sites is 1. The fourth-order valence-electron chi connectivity index (χ4n) is 2.44. The van der Waals surface area contributed by atoms with E-state index in [9.17, 15) is 18.0 Å². The number of benzene rings is 3. The number of carbonyl (C=O) groups excluding carboxylic acids is 1. The van der Waals surface area contributed by atoms with Crippen molar-refractivity contribution >= 4 is 38.8 Å². The summed E-state index contributed by atoms with van der Waals surface area (Å²) in [4.78, 5) is 20.9. The van der Waals surface area contributed by atoms with Gasteiger partial charge in [-0.15, -0.1) is 0 Å². The van der Waals surface area contributed by atoms with Crippen LogP contribution in [-0.2, 0) is 10.1 Å². The average molecular weight is 388 g/mol. The van der Waals surface area contributed by atoms with Crippen LogP contribution in [0.3, 0.4) is 0 Å². The predicted octanol–water partition coefficient (Wildman–Crippen LogP) is 2.57. The van der Waals surface area contributed by atoms with Crippen LogP contribution in [0.4, 0.5) is 5.69 Å². The molecular weight excluding hydrogens is 372 g/mol. The molecule has 0 heterocycles. The van der Waals surface area contributed by atoms with Gasteiger partial charge in [0.05, 0.1) is 11.3 Å². The van der Waals surface area contributed by atoms with Crippen LogP contribution in [0.2, 0.25) is 0 Å². The van der Waals surface area contributed by atoms with Gasteiger partial charge in [0, 0.05) is 10.9 Å². The molecule has 5 N–H and O–H groups in total. The van der Waals surface area contributed by atoms with Gasteiger partial charge in [0.15, 0.2) is 6.29 Å². The topological polar surface area (TPSA) is 147 Å². The molecule has 0 radical (unpaired) electrons. The molecule has 3 aromatic carbocycles. The number of hydrogen-bond acceptors (Lipinski definition) is 6. The summed E-state index contributed by atoms with van der Waals surface area (Å²) in [6.45, 7) is 0. The van der Waals surface area contributed by atoms with Gasteiger partial charge in [-0.1, -0.05) is 42.5 Å². The molecule has 0 aliphatic heterocycles. The molecule has 8 nitrogen and oxygen atoms in total. The van der Waals surface area contributed by atoms with Crippen molar-refractivity contribution in [2.45, 2.75) is 4.90 Å². The van der Waals surface area contributed by atoms with Gasteiger partial charge in [-0.2, -0.15) is 8.42 Å². The van der Waals surface area contributed by atoms with Crippen molar-refractivity contribution in [3.8, 4) is 0 Å². The normalized spacial score (nSPS) is 10.6. The Morgan fingerprint density at radius 2 is 1.63 bits per heavy atom. The lowest BCUT2D eigenvalue weighted by atomic mass is 10.1. The molecule has 27 heavy (non-hydrogen) atoms.